The maximum atomic E-state index is 5.69. The van der Waals surface area contributed by atoms with Gasteiger partial charge < -0.3 is 10.2 Å². The van der Waals surface area contributed by atoms with Gasteiger partial charge in [0, 0.05) is 43.8 Å². The van der Waals surface area contributed by atoms with Crippen LogP contribution < -0.4 is 5.32 Å². The van der Waals surface area contributed by atoms with E-state index in [-0.39, 0.29) is 0 Å². The van der Waals surface area contributed by atoms with Crippen molar-refractivity contribution in [1.82, 2.24) is 9.80 Å². The molecule has 0 amide bonds. The predicted octanol–water partition coefficient (Wildman–Crippen LogP) is 4.87. The summed E-state index contributed by atoms with van der Waals surface area (Å²) in [5.41, 5.74) is 2.33. The third-order valence-electron chi connectivity index (χ3n) is 5.16. The van der Waals surface area contributed by atoms with Gasteiger partial charge in [0.15, 0.2) is 5.11 Å². The molecule has 0 aromatic heterocycles. The number of benzene rings is 3. The smallest absolute Gasteiger partial charge is 0.173 e. The summed E-state index contributed by atoms with van der Waals surface area (Å²) in [5.74, 6) is 0. The molecule has 3 aromatic rings. The second kappa shape index (κ2) is 9.00. The van der Waals surface area contributed by atoms with Crippen LogP contribution in [0.5, 0.6) is 0 Å². The second-order valence-electron chi connectivity index (χ2n) is 7.06. The zero-order valence-corrected chi connectivity index (χ0v) is 16.7. The van der Waals surface area contributed by atoms with Crippen LogP contribution in [0.4, 0.5) is 5.69 Å². The lowest BCUT2D eigenvalue weighted by atomic mass is 10.1. The topological polar surface area (TPSA) is 18.5 Å². The number of thiocarbonyl (C=S) groups is 1. The van der Waals surface area contributed by atoms with Gasteiger partial charge in [0.05, 0.1) is 0 Å². The lowest BCUT2D eigenvalue weighted by Gasteiger charge is -2.35. The fourth-order valence-corrected chi connectivity index (χ4v) is 3.86. The number of piperazine rings is 1. The minimum atomic E-state index is 0.816. The summed E-state index contributed by atoms with van der Waals surface area (Å²) >= 11 is 5.69. The molecule has 1 N–H and O–H groups in total. The van der Waals surface area contributed by atoms with Gasteiger partial charge in [-0.2, -0.15) is 0 Å². The first-order valence-corrected chi connectivity index (χ1v) is 10.2. The van der Waals surface area contributed by atoms with Crippen LogP contribution in [0.3, 0.4) is 0 Å². The van der Waals surface area contributed by atoms with Crippen LogP contribution in [0.2, 0.25) is 0 Å². The molecule has 0 spiro atoms. The van der Waals surface area contributed by atoms with Gasteiger partial charge in [-0.15, -0.1) is 0 Å². The molecule has 1 heterocycles. The first-order valence-electron chi connectivity index (χ1n) is 9.77. The van der Waals surface area contributed by atoms with E-state index in [0.29, 0.717) is 0 Å². The van der Waals surface area contributed by atoms with Crippen molar-refractivity contribution in [2.45, 2.75) is 0 Å². The van der Waals surface area contributed by atoms with E-state index in [4.69, 9.17) is 12.2 Å². The van der Waals surface area contributed by atoms with Crippen LogP contribution >= 0.6 is 12.2 Å². The van der Waals surface area contributed by atoms with E-state index < -0.39 is 0 Å². The van der Waals surface area contributed by atoms with Gasteiger partial charge in [0.25, 0.3) is 0 Å². The molecule has 142 valence electrons. The molecule has 1 fully saturated rings. The molecule has 4 rings (SSSR count). The largest absolute Gasteiger partial charge is 0.346 e. The zero-order valence-electron chi connectivity index (χ0n) is 15.9. The number of hydrogen-bond donors (Lipinski definition) is 1. The molecule has 0 atom stereocenters. The Morgan fingerprint density at radius 2 is 1.57 bits per heavy atom. The van der Waals surface area contributed by atoms with Crippen molar-refractivity contribution in [3.63, 3.8) is 0 Å². The van der Waals surface area contributed by atoms with Crippen molar-refractivity contribution in [3.05, 3.63) is 84.4 Å². The molecule has 3 nitrogen and oxygen atoms in total. The molecule has 0 saturated carbocycles. The molecular weight excluding hydrogens is 362 g/mol. The summed E-state index contributed by atoms with van der Waals surface area (Å²) in [5, 5.41) is 6.71. The highest BCUT2D eigenvalue weighted by Crippen LogP contribution is 2.23. The maximum Gasteiger partial charge on any atom is 0.173 e. The van der Waals surface area contributed by atoms with Crippen LogP contribution in [0.25, 0.3) is 16.8 Å². The first-order chi connectivity index (χ1) is 13.8. The van der Waals surface area contributed by atoms with E-state index in [1.54, 1.807) is 0 Å². The summed E-state index contributed by atoms with van der Waals surface area (Å²) in [6, 6.07) is 25.2. The maximum absolute atomic E-state index is 5.69. The van der Waals surface area contributed by atoms with E-state index in [1.807, 2.05) is 6.07 Å². The standard InChI is InChI=1S/C24H25N3S/c28-24(25-23-14-6-12-21-11-4-5-13-22(21)23)27-18-16-26(17-19-27)15-7-10-20-8-2-1-3-9-20/h1-14H,15-19H2,(H,25,28). The average Bonchev–Trinajstić information content (AvgIpc) is 2.75. The first kappa shape index (κ1) is 18.7. The Balaban J connectivity index is 1.30. The minimum Gasteiger partial charge on any atom is -0.346 e. The second-order valence-corrected chi connectivity index (χ2v) is 7.44. The van der Waals surface area contributed by atoms with E-state index in [0.717, 1.165) is 43.5 Å². The minimum absolute atomic E-state index is 0.816. The molecule has 0 aliphatic carbocycles. The number of nitrogens with one attached hydrogen (secondary N) is 1. The van der Waals surface area contributed by atoms with Gasteiger partial charge in [-0.05, 0) is 29.2 Å². The van der Waals surface area contributed by atoms with Crippen LogP contribution in [0.15, 0.2) is 78.9 Å². The molecule has 3 aromatic carbocycles. The van der Waals surface area contributed by atoms with Crippen molar-refractivity contribution in [1.29, 1.82) is 0 Å². The Labute approximate surface area is 172 Å². The normalized spacial score (nSPS) is 15.2. The molecule has 1 aliphatic heterocycles. The van der Waals surface area contributed by atoms with Crippen molar-refractivity contribution in [2.75, 3.05) is 38.0 Å². The number of hydrogen-bond acceptors (Lipinski definition) is 2. The lowest BCUT2D eigenvalue weighted by molar-refractivity contribution is 0.200. The van der Waals surface area contributed by atoms with Gasteiger partial charge in [-0.1, -0.05) is 78.9 Å². The summed E-state index contributed by atoms with van der Waals surface area (Å²) in [7, 11) is 0. The van der Waals surface area contributed by atoms with Crippen LogP contribution in [0, 0.1) is 0 Å². The monoisotopic (exact) mass is 387 g/mol. The third kappa shape index (κ3) is 4.58. The SMILES string of the molecule is S=C(Nc1cccc2ccccc12)N1CCN(CC=Cc2ccccc2)CC1. The Morgan fingerprint density at radius 3 is 2.39 bits per heavy atom. The van der Waals surface area contributed by atoms with E-state index in [1.165, 1.54) is 16.3 Å². The van der Waals surface area contributed by atoms with E-state index in [2.05, 4.69) is 94.0 Å². The molecule has 28 heavy (non-hydrogen) atoms. The average molecular weight is 388 g/mol. The molecule has 1 aliphatic rings. The van der Waals surface area contributed by atoms with Crippen molar-refractivity contribution >= 4 is 39.9 Å². The van der Waals surface area contributed by atoms with Crippen molar-refractivity contribution in [2.24, 2.45) is 0 Å². The highest BCUT2D eigenvalue weighted by atomic mass is 32.1. The van der Waals surface area contributed by atoms with Crippen molar-refractivity contribution in [3.8, 4) is 0 Å². The summed E-state index contributed by atoms with van der Waals surface area (Å²) < 4.78 is 0. The molecular formula is C24H25N3S. The highest BCUT2D eigenvalue weighted by molar-refractivity contribution is 7.80. The Bertz CT molecular complexity index is 955. The predicted molar refractivity (Wildman–Crippen MR) is 124 cm³/mol. The quantitative estimate of drug-likeness (QED) is 0.644. The van der Waals surface area contributed by atoms with Gasteiger partial charge in [-0.25, -0.2) is 0 Å². The summed E-state index contributed by atoms with van der Waals surface area (Å²) in [4.78, 5) is 4.74. The van der Waals surface area contributed by atoms with Crippen LogP contribution in [-0.4, -0.2) is 47.6 Å². The lowest BCUT2D eigenvalue weighted by Crippen LogP contribution is -2.49. The number of rotatable bonds is 4. The van der Waals surface area contributed by atoms with E-state index in [9.17, 15) is 0 Å². The fraction of sp³-hybridized carbons (Fsp3) is 0.208. The van der Waals surface area contributed by atoms with Gasteiger partial charge in [0.2, 0.25) is 0 Å². The number of fused-ring (bicyclic) bond motifs is 1. The summed E-state index contributed by atoms with van der Waals surface area (Å²) in [6.07, 6.45) is 4.44. The third-order valence-corrected chi connectivity index (χ3v) is 5.52. The molecule has 1 saturated heterocycles. The van der Waals surface area contributed by atoms with Crippen molar-refractivity contribution < 1.29 is 0 Å². The van der Waals surface area contributed by atoms with Crippen LogP contribution in [0.1, 0.15) is 5.56 Å². The summed E-state index contributed by atoms with van der Waals surface area (Å²) in [6.45, 7) is 4.94. The van der Waals surface area contributed by atoms with Gasteiger partial charge in [-0.3, -0.25) is 4.90 Å². The van der Waals surface area contributed by atoms with Gasteiger partial charge in [0.1, 0.15) is 0 Å². The highest BCUT2D eigenvalue weighted by Gasteiger charge is 2.18. The Morgan fingerprint density at radius 1 is 0.857 bits per heavy atom. The number of nitrogens with zero attached hydrogens (tertiary/aromatic N) is 2. The Kier molecular flexibility index (Phi) is 6.00. The number of anilines is 1. The van der Waals surface area contributed by atoms with Gasteiger partial charge >= 0.3 is 0 Å². The fourth-order valence-electron chi connectivity index (χ4n) is 3.56. The molecule has 0 unspecified atom stereocenters. The molecule has 4 heteroatoms. The molecule has 0 bridgehead atoms. The Hall–Kier alpha value is -2.69. The zero-order chi connectivity index (χ0) is 19.2. The van der Waals surface area contributed by atoms with E-state index >= 15 is 0 Å². The molecule has 0 radical (unpaired) electrons. The van der Waals surface area contributed by atoms with Crippen LogP contribution in [-0.2, 0) is 0 Å².